The maximum Gasteiger partial charge on any atom is 0.258 e. The molecule has 5 rings (SSSR count). The Morgan fingerprint density at radius 1 is 1.35 bits per heavy atom. The maximum absolute atomic E-state index is 12.4. The molecule has 6 heteroatoms. The first-order valence-corrected chi connectivity index (χ1v) is 8.73. The molecule has 4 bridgehead atoms. The number of carbonyl (C=O) groups excluding carboxylic acids is 1. The quantitative estimate of drug-likeness (QED) is 0.830. The molecule has 5 aliphatic rings. The summed E-state index contributed by atoms with van der Waals surface area (Å²) in [6.07, 6.45) is 8.95. The molecule has 0 unspecified atom stereocenters. The Labute approximate surface area is 141 Å². The number of carbonyl (C=O) groups is 1. The van der Waals surface area contributed by atoms with Crippen molar-refractivity contribution < 1.29 is 9.53 Å². The molecule has 0 aromatic carbocycles. The van der Waals surface area contributed by atoms with Crippen LogP contribution < -0.4 is 10.6 Å². The predicted molar refractivity (Wildman–Crippen MR) is 88.6 cm³/mol. The van der Waals surface area contributed by atoms with E-state index < -0.39 is 0 Å². The van der Waals surface area contributed by atoms with Crippen LogP contribution in [0.25, 0.3) is 0 Å². The minimum atomic E-state index is -0.0705. The van der Waals surface area contributed by atoms with E-state index in [4.69, 9.17) is 16.3 Å². The Morgan fingerprint density at radius 3 is 2.57 bits per heavy atom. The molecule has 0 atom stereocenters. The van der Waals surface area contributed by atoms with Crippen LogP contribution in [0.2, 0.25) is 0 Å². The molecule has 1 amide bonds. The molecule has 124 valence electrons. The van der Waals surface area contributed by atoms with E-state index in [0.717, 1.165) is 37.0 Å². The summed E-state index contributed by atoms with van der Waals surface area (Å²) in [5, 5.41) is 6.46. The summed E-state index contributed by atoms with van der Waals surface area (Å²) in [4.78, 5) is 16.3. The van der Waals surface area contributed by atoms with Gasteiger partial charge in [-0.2, -0.15) is 0 Å². The molecule has 0 aromatic rings. The van der Waals surface area contributed by atoms with E-state index in [2.05, 4.69) is 22.2 Å². The summed E-state index contributed by atoms with van der Waals surface area (Å²) >= 11 is 6.00. The Morgan fingerprint density at radius 2 is 1.96 bits per heavy atom. The second-order valence-electron chi connectivity index (χ2n) is 7.54. The van der Waals surface area contributed by atoms with Crippen molar-refractivity contribution in [3.63, 3.8) is 0 Å². The normalized spacial score (nSPS) is 37.8. The molecule has 4 fully saturated rings. The number of ether oxygens (including phenoxy) is 1. The molecule has 23 heavy (non-hydrogen) atoms. The molecule has 0 radical (unpaired) electrons. The summed E-state index contributed by atoms with van der Waals surface area (Å²) in [6.45, 7) is 3.65. The zero-order valence-corrected chi connectivity index (χ0v) is 13.9. The fourth-order valence-corrected chi connectivity index (χ4v) is 5.41. The zero-order chi connectivity index (χ0) is 16.0. The van der Waals surface area contributed by atoms with Gasteiger partial charge in [0.1, 0.15) is 10.9 Å². The van der Waals surface area contributed by atoms with Gasteiger partial charge in [0.2, 0.25) is 5.88 Å². The molecular weight excluding hydrogens is 314 g/mol. The molecule has 4 aliphatic carbocycles. The second-order valence-corrected chi connectivity index (χ2v) is 7.95. The molecule has 1 aliphatic heterocycles. The average Bonchev–Trinajstić information content (AvgIpc) is 2.46. The van der Waals surface area contributed by atoms with Gasteiger partial charge in [0, 0.05) is 5.54 Å². The number of aliphatic imine (C=N–C) groups is 1. The van der Waals surface area contributed by atoms with Gasteiger partial charge in [0.25, 0.3) is 5.91 Å². The third-order valence-corrected chi connectivity index (χ3v) is 5.87. The van der Waals surface area contributed by atoms with Crippen LogP contribution in [-0.4, -0.2) is 24.3 Å². The van der Waals surface area contributed by atoms with E-state index in [0.29, 0.717) is 16.7 Å². The highest BCUT2D eigenvalue weighted by Crippen LogP contribution is 2.55. The Hall–Kier alpha value is -1.49. The summed E-state index contributed by atoms with van der Waals surface area (Å²) in [6, 6.07) is 0. The number of amides is 1. The molecule has 0 saturated heterocycles. The van der Waals surface area contributed by atoms with Gasteiger partial charge in [-0.15, -0.1) is 0 Å². The van der Waals surface area contributed by atoms with Crippen LogP contribution >= 0.6 is 11.6 Å². The first-order valence-electron chi connectivity index (χ1n) is 8.35. The summed E-state index contributed by atoms with van der Waals surface area (Å²) in [5.74, 6) is 3.13. The molecule has 0 spiro atoms. The lowest BCUT2D eigenvalue weighted by Crippen LogP contribution is -2.60. The minimum Gasteiger partial charge on any atom is -0.468 e. The van der Waals surface area contributed by atoms with E-state index in [1.165, 1.54) is 25.5 Å². The first-order chi connectivity index (χ1) is 11.0. The fourth-order valence-electron chi connectivity index (χ4n) is 5.25. The summed E-state index contributed by atoms with van der Waals surface area (Å²) in [5.41, 5.74) is 0.0123. The number of nitrogens with zero attached hydrogens (tertiary/aromatic N) is 1. The maximum atomic E-state index is 12.4. The summed E-state index contributed by atoms with van der Waals surface area (Å²) < 4.78 is 5.51. The number of nitrogens with one attached hydrogen (secondary N) is 2. The van der Waals surface area contributed by atoms with Crippen molar-refractivity contribution in [1.82, 2.24) is 10.6 Å². The number of hydrogen-bond acceptors (Lipinski definition) is 4. The van der Waals surface area contributed by atoms with Crippen LogP contribution in [0.15, 0.2) is 28.3 Å². The Kier molecular flexibility index (Phi) is 3.63. The first kappa shape index (κ1) is 15.1. The van der Waals surface area contributed by atoms with Gasteiger partial charge in [-0.1, -0.05) is 18.2 Å². The predicted octanol–water partition coefficient (Wildman–Crippen LogP) is 2.64. The van der Waals surface area contributed by atoms with Crippen LogP contribution in [0.4, 0.5) is 0 Å². The number of halogens is 1. The second kappa shape index (κ2) is 5.55. The SMILES string of the molecule is C=C1N=CC(Cl)=C(OCC(=O)NC23CC4CC(CC(C4)C2)C3)N1. The highest BCUT2D eigenvalue weighted by atomic mass is 35.5. The number of rotatable bonds is 4. The Balaban J connectivity index is 1.36. The van der Waals surface area contributed by atoms with Crippen LogP contribution in [0.1, 0.15) is 38.5 Å². The average molecular weight is 336 g/mol. The number of hydrogen-bond donors (Lipinski definition) is 2. The van der Waals surface area contributed by atoms with Crippen molar-refractivity contribution in [2.45, 2.75) is 44.1 Å². The van der Waals surface area contributed by atoms with Gasteiger partial charge in [0.15, 0.2) is 6.61 Å². The highest BCUT2D eigenvalue weighted by molar-refractivity contribution is 6.39. The van der Waals surface area contributed by atoms with Crippen molar-refractivity contribution in [3.05, 3.63) is 23.3 Å². The van der Waals surface area contributed by atoms with Gasteiger partial charge in [0.05, 0.1) is 6.21 Å². The van der Waals surface area contributed by atoms with Crippen molar-refractivity contribution >= 4 is 23.7 Å². The Bertz CT molecular complexity index is 576. The zero-order valence-electron chi connectivity index (χ0n) is 13.1. The van der Waals surface area contributed by atoms with Crippen LogP contribution in [0.5, 0.6) is 0 Å². The lowest BCUT2D eigenvalue weighted by molar-refractivity contribution is -0.130. The number of allylic oxidation sites excluding steroid dienone is 1. The van der Waals surface area contributed by atoms with Crippen molar-refractivity contribution in [2.24, 2.45) is 22.7 Å². The van der Waals surface area contributed by atoms with E-state index in [1.54, 1.807) is 0 Å². The van der Waals surface area contributed by atoms with E-state index in [-0.39, 0.29) is 18.1 Å². The van der Waals surface area contributed by atoms with Crippen LogP contribution in [-0.2, 0) is 9.53 Å². The van der Waals surface area contributed by atoms with Crippen molar-refractivity contribution in [1.29, 1.82) is 0 Å². The van der Waals surface area contributed by atoms with Gasteiger partial charge in [-0.3, -0.25) is 4.79 Å². The standard InChI is InChI=1S/C17H22ClN3O2/c1-10-19-8-14(18)16(20-10)23-9-15(22)21-17-5-11-2-12(6-17)4-13(3-11)7-17/h8,11-13,20H,1-7,9H2,(H,21,22). The molecule has 5 nitrogen and oxygen atoms in total. The molecular formula is C17H22ClN3O2. The van der Waals surface area contributed by atoms with Crippen LogP contribution in [0.3, 0.4) is 0 Å². The third kappa shape index (κ3) is 2.99. The van der Waals surface area contributed by atoms with Gasteiger partial charge in [-0.25, -0.2) is 4.99 Å². The lowest BCUT2D eigenvalue weighted by Gasteiger charge is -2.56. The lowest BCUT2D eigenvalue weighted by atomic mass is 9.53. The van der Waals surface area contributed by atoms with Crippen molar-refractivity contribution in [2.75, 3.05) is 6.61 Å². The van der Waals surface area contributed by atoms with Gasteiger partial charge < -0.3 is 15.4 Å². The summed E-state index contributed by atoms with van der Waals surface area (Å²) in [7, 11) is 0. The molecule has 2 N–H and O–H groups in total. The van der Waals surface area contributed by atoms with Gasteiger partial charge in [-0.05, 0) is 56.3 Å². The molecule has 1 heterocycles. The van der Waals surface area contributed by atoms with Crippen LogP contribution in [0, 0.1) is 17.8 Å². The van der Waals surface area contributed by atoms with Gasteiger partial charge >= 0.3 is 0 Å². The monoisotopic (exact) mass is 335 g/mol. The van der Waals surface area contributed by atoms with E-state index >= 15 is 0 Å². The largest absolute Gasteiger partial charge is 0.468 e. The molecule has 0 aromatic heterocycles. The van der Waals surface area contributed by atoms with E-state index in [1.807, 2.05) is 0 Å². The molecule has 4 saturated carbocycles. The van der Waals surface area contributed by atoms with E-state index in [9.17, 15) is 4.79 Å². The smallest absolute Gasteiger partial charge is 0.258 e. The minimum absolute atomic E-state index is 0.0123. The fraction of sp³-hybridized carbons (Fsp3) is 0.647. The van der Waals surface area contributed by atoms with Crippen molar-refractivity contribution in [3.8, 4) is 0 Å². The third-order valence-electron chi connectivity index (χ3n) is 5.60. The highest BCUT2D eigenvalue weighted by Gasteiger charge is 2.51. The topological polar surface area (TPSA) is 62.7 Å².